The molecule has 1 aromatic carbocycles. The number of ether oxygens (including phenoxy) is 2. The molecule has 0 aliphatic carbocycles. The monoisotopic (exact) mass is 331 g/mol. The van der Waals surface area contributed by atoms with Crippen molar-refractivity contribution in [3.05, 3.63) is 54.6 Å². The highest BCUT2D eigenvalue weighted by Crippen LogP contribution is 2.21. The van der Waals surface area contributed by atoms with Gasteiger partial charge in [0.2, 0.25) is 0 Å². The molecule has 0 saturated carbocycles. The van der Waals surface area contributed by atoms with E-state index in [-0.39, 0.29) is 13.2 Å². The summed E-state index contributed by atoms with van der Waals surface area (Å²) in [5, 5.41) is 2.85. The fourth-order valence-electron chi connectivity index (χ4n) is 2.02. The average molecular weight is 331 g/mol. The molecule has 0 atom stereocenters. The minimum absolute atomic E-state index is 0.264. The number of carbonyl (C=O) groups excluding carboxylic acids is 2. The second-order valence-electron chi connectivity index (χ2n) is 5.79. The highest BCUT2D eigenvalue weighted by molar-refractivity contribution is 5.81. The van der Waals surface area contributed by atoms with E-state index >= 15 is 0 Å². The predicted octanol–water partition coefficient (Wildman–Crippen LogP) is 3.80. The molecule has 0 fully saturated rings. The molecule has 1 N–H and O–H groups in total. The maximum atomic E-state index is 11.9. The highest BCUT2D eigenvalue weighted by Gasteiger charge is 2.23. The zero-order valence-corrected chi connectivity index (χ0v) is 14.3. The van der Waals surface area contributed by atoms with Crippen molar-refractivity contribution in [1.82, 2.24) is 5.32 Å². The van der Waals surface area contributed by atoms with Gasteiger partial charge in [-0.25, -0.2) is 9.59 Å². The summed E-state index contributed by atoms with van der Waals surface area (Å²) < 4.78 is 10.00. The number of nitrogens with one attached hydrogen (secondary N) is 1. The Morgan fingerprint density at radius 1 is 1.17 bits per heavy atom. The van der Waals surface area contributed by atoms with Gasteiger partial charge in [0.25, 0.3) is 0 Å². The van der Waals surface area contributed by atoms with Crippen LogP contribution in [0.4, 0.5) is 4.79 Å². The van der Waals surface area contributed by atoms with Gasteiger partial charge >= 0.3 is 12.1 Å². The Labute approximate surface area is 143 Å². The van der Waals surface area contributed by atoms with Crippen LogP contribution >= 0.6 is 0 Å². The third kappa shape index (κ3) is 6.69. The van der Waals surface area contributed by atoms with Crippen LogP contribution < -0.4 is 5.32 Å². The molecule has 1 aromatic rings. The van der Waals surface area contributed by atoms with E-state index in [1.165, 1.54) is 0 Å². The third-order valence-corrected chi connectivity index (χ3v) is 3.44. The van der Waals surface area contributed by atoms with Gasteiger partial charge < -0.3 is 14.8 Å². The normalized spacial score (nSPS) is 10.6. The summed E-state index contributed by atoms with van der Waals surface area (Å²) in [6.45, 7) is 11.4. The van der Waals surface area contributed by atoms with Crippen LogP contribution in [0, 0.1) is 0 Å². The van der Waals surface area contributed by atoms with Gasteiger partial charge in [0.05, 0.1) is 18.8 Å². The van der Waals surface area contributed by atoms with Gasteiger partial charge in [-0.1, -0.05) is 37.4 Å². The Balaban J connectivity index is 2.36. The highest BCUT2D eigenvalue weighted by atomic mass is 16.5. The summed E-state index contributed by atoms with van der Waals surface area (Å²) in [5.74, 6) is -0.447. The quantitative estimate of drug-likeness (QED) is 0.425. The zero-order chi connectivity index (χ0) is 18.0. The number of amides is 1. The van der Waals surface area contributed by atoms with Crippen LogP contribution in [-0.2, 0) is 19.8 Å². The van der Waals surface area contributed by atoms with E-state index in [4.69, 9.17) is 9.47 Å². The molecule has 0 aromatic heterocycles. The summed E-state index contributed by atoms with van der Waals surface area (Å²) in [6.07, 6.45) is 3.64. The van der Waals surface area contributed by atoms with E-state index in [2.05, 4.69) is 18.5 Å². The zero-order valence-electron chi connectivity index (χ0n) is 14.3. The number of alkyl carbamates (subject to hydrolysis) is 1. The van der Waals surface area contributed by atoms with E-state index in [1.54, 1.807) is 6.08 Å². The Morgan fingerprint density at radius 3 is 2.46 bits per heavy atom. The Morgan fingerprint density at radius 2 is 1.83 bits per heavy atom. The molecule has 0 radical (unpaired) electrons. The maximum Gasteiger partial charge on any atom is 0.407 e. The smallest absolute Gasteiger partial charge is 0.407 e. The molecule has 1 rings (SSSR count). The van der Waals surface area contributed by atoms with Crippen molar-refractivity contribution in [3.8, 4) is 0 Å². The van der Waals surface area contributed by atoms with E-state index in [0.717, 1.165) is 17.2 Å². The molecule has 5 heteroatoms. The lowest BCUT2D eigenvalue weighted by atomic mass is 9.93. The van der Waals surface area contributed by atoms with Crippen molar-refractivity contribution in [2.45, 2.75) is 32.2 Å². The van der Waals surface area contributed by atoms with E-state index < -0.39 is 17.6 Å². The summed E-state index contributed by atoms with van der Waals surface area (Å²) in [4.78, 5) is 22.8. The lowest BCUT2D eigenvalue weighted by molar-refractivity contribution is -0.137. The number of esters is 1. The molecule has 0 bridgehead atoms. The first-order valence-corrected chi connectivity index (χ1v) is 7.86. The van der Waals surface area contributed by atoms with Gasteiger partial charge in [0, 0.05) is 6.08 Å². The molecule has 5 nitrogen and oxygen atoms in total. The molecule has 0 heterocycles. The number of carbonyl (C=O) groups is 2. The summed E-state index contributed by atoms with van der Waals surface area (Å²) in [7, 11) is 0. The number of unbranched alkanes of at least 4 members (excludes halogenated alkanes) is 1. The van der Waals surface area contributed by atoms with Gasteiger partial charge in [-0.2, -0.15) is 0 Å². The van der Waals surface area contributed by atoms with Gasteiger partial charge in [-0.3, -0.25) is 0 Å². The second kappa shape index (κ2) is 9.55. The van der Waals surface area contributed by atoms with Crippen molar-refractivity contribution < 1.29 is 19.1 Å². The number of rotatable bonds is 9. The minimum atomic E-state index is -0.560. The van der Waals surface area contributed by atoms with Gasteiger partial charge in [-0.05, 0) is 43.9 Å². The second-order valence-corrected chi connectivity index (χ2v) is 5.79. The van der Waals surface area contributed by atoms with Crippen molar-refractivity contribution in [1.29, 1.82) is 0 Å². The Bertz CT molecular complexity index is 593. The summed E-state index contributed by atoms with van der Waals surface area (Å²) in [6, 6.07) is 7.79. The summed E-state index contributed by atoms with van der Waals surface area (Å²) >= 11 is 0. The van der Waals surface area contributed by atoms with Crippen LogP contribution in [0.3, 0.4) is 0 Å². The van der Waals surface area contributed by atoms with Gasteiger partial charge in [0.1, 0.15) is 0 Å². The van der Waals surface area contributed by atoms with E-state index in [9.17, 15) is 9.59 Å². The first-order valence-electron chi connectivity index (χ1n) is 7.86. The molecule has 0 spiro atoms. The number of hydrogen-bond donors (Lipinski definition) is 1. The predicted molar refractivity (Wildman–Crippen MR) is 94.4 cm³/mol. The lowest BCUT2D eigenvalue weighted by Gasteiger charge is -2.26. The minimum Gasteiger partial charge on any atom is -0.463 e. The molecule has 24 heavy (non-hydrogen) atoms. The third-order valence-electron chi connectivity index (χ3n) is 3.44. The molecular weight excluding hydrogens is 306 g/mol. The number of hydrogen-bond acceptors (Lipinski definition) is 4. The Hall–Kier alpha value is -2.56. The van der Waals surface area contributed by atoms with Crippen LogP contribution in [0.2, 0.25) is 0 Å². The topological polar surface area (TPSA) is 64.6 Å². The largest absolute Gasteiger partial charge is 0.463 e. The molecule has 0 saturated heterocycles. The average Bonchev–Trinajstić information content (AvgIpc) is 2.57. The molecule has 0 aliphatic rings. The SMILES string of the molecule is C=CC(=O)OCCCCOC(=O)NC(C)(C)c1cccc(C=C)c1. The molecule has 1 amide bonds. The van der Waals surface area contributed by atoms with Crippen molar-refractivity contribution in [3.63, 3.8) is 0 Å². The van der Waals surface area contributed by atoms with Crippen LogP contribution in [0.1, 0.15) is 37.8 Å². The van der Waals surface area contributed by atoms with Crippen LogP contribution in [-0.4, -0.2) is 25.3 Å². The fraction of sp³-hybridized carbons (Fsp3) is 0.368. The van der Waals surface area contributed by atoms with Gasteiger partial charge in [-0.15, -0.1) is 0 Å². The molecular formula is C19H25NO4. The standard InChI is InChI=1S/C19H25NO4/c1-5-15-10-9-11-16(14-15)19(3,4)20-18(22)24-13-8-7-12-23-17(21)6-2/h5-6,9-11,14H,1-2,7-8,12-13H2,3-4H3,(H,20,22). The Kier molecular flexibility index (Phi) is 7.75. The number of benzene rings is 1. The van der Waals surface area contributed by atoms with Crippen molar-refractivity contribution in [2.24, 2.45) is 0 Å². The maximum absolute atomic E-state index is 11.9. The first kappa shape index (κ1) is 19.5. The lowest BCUT2D eigenvalue weighted by Crippen LogP contribution is -2.41. The van der Waals surface area contributed by atoms with Crippen LogP contribution in [0.25, 0.3) is 6.08 Å². The molecule has 0 unspecified atom stereocenters. The fourth-order valence-corrected chi connectivity index (χ4v) is 2.02. The van der Waals surface area contributed by atoms with Crippen LogP contribution in [0.15, 0.2) is 43.5 Å². The van der Waals surface area contributed by atoms with Gasteiger partial charge in [0.15, 0.2) is 0 Å². The first-order chi connectivity index (χ1) is 11.4. The summed E-state index contributed by atoms with van der Waals surface area (Å²) in [5.41, 5.74) is 1.40. The van der Waals surface area contributed by atoms with E-state index in [1.807, 2.05) is 38.1 Å². The van der Waals surface area contributed by atoms with Crippen molar-refractivity contribution in [2.75, 3.05) is 13.2 Å². The van der Waals surface area contributed by atoms with Crippen molar-refractivity contribution >= 4 is 18.1 Å². The molecule has 0 aliphatic heterocycles. The van der Waals surface area contributed by atoms with Crippen LogP contribution in [0.5, 0.6) is 0 Å². The molecule has 130 valence electrons. The van der Waals surface area contributed by atoms with E-state index in [0.29, 0.717) is 12.8 Å².